The Labute approximate surface area is 208 Å². The Morgan fingerprint density at radius 2 is 1.58 bits per heavy atom. The molecule has 180 valence electrons. The number of benzene rings is 3. The number of ketones is 1. The number of rotatable bonds is 6. The first-order valence-electron chi connectivity index (χ1n) is 11.8. The number of Topliss-reactive ketones (excluding diaryl/α,β-unsaturated/α-hetero) is 1. The van der Waals surface area contributed by atoms with Crippen LogP contribution in [0.25, 0.3) is 16.9 Å². The van der Waals surface area contributed by atoms with Crippen LogP contribution in [-0.4, -0.2) is 53.3 Å². The van der Waals surface area contributed by atoms with Crippen LogP contribution in [0.2, 0.25) is 0 Å². The van der Waals surface area contributed by atoms with E-state index in [1.54, 1.807) is 12.1 Å². The van der Waals surface area contributed by atoms with Gasteiger partial charge in [0.05, 0.1) is 29.3 Å². The fraction of sp³-hybridized carbons (Fsp3) is 0.179. The minimum absolute atomic E-state index is 0.238. The summed E-state index contributed by atoms with van der Waals surface area (Å²) in [5.74, 6) is -0.0393. The van der Waals surface area contributed by atoms with E-state index in [1.807, 2.05) is 83.5 Å². The highest BCUT2D eigenvalue weighted by Gasteiger charge is 2.38. The Hall–Kier alpha value is -4.43. The Bertz CT molecular complexity index is 1450. The number of carbonyl (C=O) groups is 2. The minimum Gasteiger partial charge on any atom is -0.486 e. The van der Waals surface area contributed by atoms with Crippen LogP contribution in [0.5, 0.6) is 11.5 Å². The Morgan fingerprint density at radius 1 is 0.917 bits per heavy atom. The van der Waals surface area contributed by atoms with E-state index >= 15 is 0 Å². The zero-order valence-corrected chi connectivity index (χ0v) is 19.8. The van der Waals surface area contributed by atoms with Crippen LogP contribution in [0, 0.1) is 0 Å². The van der Waals surface area contributed by atoms with Crippen LogP contribution in [-0.2, 0) is 11.3 Å². The lowest BCUT2D eigenvalue weighted by molar-refractivity contribution is -0.114. The number of hydrogen-bond acceptors (Lipinski definition) is 6. The van der Waals surface area contributed by atoms with Crippen molar-refractivity contribution < 1.29 is 19.1 Å². The highest BCUT2D eigenvalue weighted by atomic mass is 16.6. The summed E-state index contributed by atoms with van der Waals surface area (Å²) < 4.78 is 13.1. The normalized spacial score (nSPS) is 14.4. The van der Waals surface area contributed by atoms with E-state index in [4.69, 9.17) is 14.6 Å². The van der Waals surface area contributed by atoms with Gasteiger partial charge in [-0.3, -0.25) is 19.4 Å². The highest BCUT2D eigenvalue weighted by molar-refractivity contribution is 6.52. The summed E-state index contributed by atoms with van der Waals surface area (Å²) in [6.07, 6.45) is 2.01. The van der Waals surface area contributed by atoms with E-state index in [9.17, 15) is 9.59 Å². The fourth-order valence-electron chi connectivity index (χ4n) is 4.63. The molecule has 0 saturated heterocycles. The summed E-state index contributed by atoms with van der Waals surface area (Å²) in [4.78, 5) is 29.1. The fourth-order valence-corrected chi connectivity index (χ4v) is 4.63. The summed E-state index contributed by atoms with van der Waals surface area (Å²) >= 11 is 0. The average Bonchev–Trinajstić information content (AvgIpc) is 3.43. The molecule has 0 bridgehead atoms. The summed E-state index contributed by atoms with van der Waals surface area (Å²) in [6.45, 7) is 1.61. The molecule has 0 unspecified atom stereocenters. The molecular formula is C28H24N4O4. The van der Waals surface area contributed by atoms with Crippen molar-refractivity contribution in [3.8, 4) is 28.4 Å². The number of amides is 1. The van der Waals surface area contributed by atoms with Crippen LogP contribution in [0.15, 0.2) is 79.0 Å². The van der Waals surface area contributed by atoms with Gasteiger partial charge in [0, 0.05) is 29.9 Å². The molecular weight excluding hydrogens is 456 g/mol. The van der Waals surface area contributed by atoms with Crippen molar-refractivity contribution in [3.05, 3.63) is 90.1 Å². The maximum absolute atomic E-state index is 12.9. The van der Waals surface area contributed by atoms with Crippen molar-refractivity contribution in [1.82, 2.24) is 14.7 Å². The number of fused-ring (bicyclic) bond motifs is 2. The van der Waals surface area contributed by atoms with Crippen molar-refractivity contribution in [1.29, 1.82) is 0 Å². The quantitative estimate of drug-likeness (QED) is 0.389. The largest absolute Gasteiger partial charge is 0.486 e. The summed E-state index contributed by atoms with van der Waals surface area (Å²) in [5, 5.41) is 4.87. The summed E-state index contributed by atoms with van der Waals surface area (Å²) in [6, 6.07) is 23.3. The molecule has 0 radical (unpaired) electrons. The zero-order valence-electron chi connectivity index (χ0n) is 19.8. The molecule has 3 aromatic carbocycles. The molecule has 0 fully saturated rings. The van der Waals surface area contributed by atoms with Crippen molar-refractivity contribution in [2.45, 2.75) is 6.54 Å². The smallest absolute Gasteiger partial charge is 0.300 e. The van der Waals surface area contributed by atoms with Crippen LogP contribution in [0.1, 0.15) is 15.9 Å². The van der Waals surface area contributed by atoms with Crippen molar-refractivity contribution in [2.24, 2.45) is 0 Å². The van der Waals surface area contributed by atoms with Gasteiger partial charge in [-0.2, -0.15) is 5.10 Å². The van der Waals surface area contributed by atoms with Crippen molar-refractivity contribution in [2.75, 3.05) is 31.8 Å². The molecule has 6 rings (SSSR count). The maximum atomic E-state index is 12.9. The number of hydrogen-bond donors (Lipinski definition) is 0. The standard InChI is InChI=1S/C28H24N4O4/c1-30(18-31-23-15-25-24(35-12-13-36-25)14-22(23)27(33)28(31)34)16-20-17-32(21-10-6-3-7-11-21)29-26(20)19-8-4-2-5-9-19/h2-11,14-15,17H,12-13,16,18H2,1H3. The first kappa shape index (κ1) is 22.1. The van der Waals surface area contributed by atoms with Crippen LogP contribution < -0.4 is 14.4 Å². The molecule has 8 nitrogen and oxygen atoms in total. The van der Waals surface area contributed by atoms with Crippen molar-refractivity contribution >= 4 is 17.4 Å². The number of carbonyl (C=O) groups excluding carboxylic acids is 2. The van der Waals surface area contributed by atoms with Gasteiger partial charge in [0.15, 0.2) is 11.5 Å². The number of aromatic nitrogens is 2. The zero-order chi connectivity index (χ0) is 24.6. The predicted molar refractivity (Wildman–Crippen MR) is 135 cm³/mol. The summed E-state index contributed by atoms with van der Waals surface area (Å²) in [7, 11) is 1.92. The molecule has 1 amide bonds. The highest BCUT2D eigenvalue weighted by Crippen LogP contribution is 2.40. The molecule has 0 saturated carbocycles. The molecule has 36 heavy (non-hydrogen) atoms. The van der Waals surface area contributed by atoms with Gasteiger partial charge >= 0.3 is 5.91 Å². The SMILES string of the molecule is CN(Cc1cn(-c2ccccc2)nc1-c1ccccc1)CN1C(=O)C(=O)c2cc3c(cc21)OCCO3. The third-order valence-electron chi connectivity index (χ3n) is 6.32. The van der Waals surface area contributed by atoms with Crippen LogP contribution in [0.4, 0.5) is 5.69 Å². The topological polar surface area (TPSA) is 76.9 Å². The molecule has 1 aromatic heterocycles. The molecule has 4 aromatic rings. The van der Waals surface area contributed by atoms with E-state index in [2.05, 4.69) is 0 Å². The lowest BCUT2D eigenvalue weighted by Gasteiger charge is -2.25. The van der Waals surface area contributed by atoms with Gasteiger partial charge < -0.3 is 9.47 Å². The molecule has 0 atom stereocenters. The van der Waals surface area contributed by atoms with Crippen LogP contribution >= 0.6 is 0 Å². The monoisotopic (exact) mass is 480 g/mol. The number of anilines is 1. The van der Waals surface area contributed by atoms with Gasteiger partial charge in [-0.25, -0.2) is 4.68 Å². The lowest BCUT2D eigenvalue weighted by Crippen LogP contribution is -2.39. The predicted octanol–water partition coefficient (Wildman–Crippen LogP) is 3.93. The Morgan fingerprint density at radius 3 is 2.31 bits per heavy atom. The second kappa shape index (κ2) is 8.98. The third kappa shape index (κ3) is 3.91. The first-order chi connectivity index (χ1) is 17.6. The second-order valence-corrected chi connectivity index (χ2v) is 8.88. The summed E-state index contributed by atoms with van der Waals surface area (Å²) in [5.41, 5.74) is 4.74. The number of ether oxygens (including phenoxy) is 2. The van der Waals surface area contributed by atoms with Gasteiger partial charge in [0.1, 0.15) is 13.2 Å². The lowest BCUT2D eigenvalue weighted by atomic mass is 10.1. The van der Waals surface area contributed by atoms with Gasteiger partial charge in [-0.1, -0.05) is 48.5 Å². The number of nitrogens with zero attached hydrogens (tertiary/aromatic N) is 4. The van der Waals surface area contributed by atoms with E-state index in [-0.39, 0.29) is 6.67 Å². The van der Waals surface area contributed by atoms with Gasteiger partial charge in [-0.15, -0.1) is 0 Å². The van der Waals surface area contributed by atoms with Crippen molar-refractivity contribution in [3.63, 3.8) is 0 Å². The second-order valence-electron chi connectivity index (χ2n) is 8.88. The first-order valence-corrected chi connectivity index (χ1v) is 11.8. The molecule has 0 aliphatic carbocycles. The minimum atomic E-state index is -0.553. The molecule has 2 aliphatic rings. The van der Waals surface area contributed by atoms with E-state index in [1.165, 1.54) is 4.90 Å². The maximum Gasteiger partial charge on any atom is 0.300 e. The molecule has 2 aliphatic heterocycles. The third-order valence-corrected chi connectivity index (χ3v) is 6.32. The van der Waals surface area contributed by atoms with Gasteiger partial charge in [0.2, 0.25) is 0 Å². The van der Waals surface area contributed by atoms with Gasteiger partial charge in [0.25, 0.3) is 5.78 Å². The van der Waals surface area contributed by atoms with Gasteiger partial charge in [-0.05, 0) is 25.2 Å². The molecule has 0 N–H and O–H groups in total. The Balaban J connectivity index is 1.29. The van der Waals surface area contributed by atoms with E-state index in [0.29, 0.717) is 42.5 Å². The average molecular weight is 481 g/mol. The van der Waals surface area contributed by atoms with E-state index < -0.39 is 11.7 Å². The molecule has 3 heterocycles. The van der Waals surface area contributed by atoms with E-state index in [0.717, 1.165) is 22.5 Å². The Kier molecular flexibility index (Phi) is 5.50. The molecule has 0 spiro atoms. The van der Waals surface area contributed by atoms with Crippen LogP contribution in [0.3, 0.4) is 0 Å². The number of para-hydroxylation sites is 1. The molecule has 8 heteroatoms.